The summed E-state index contributed by atoms with van der Waals surface area (Å²) in [6.07, 6.45) is 1.02. The number of hydrogen-bond donors (Lipinski definition) is 4. The van der Waals surface area contributed by atoms with E-state index < -0.39 is 23.2 Å². The highest BCUT2D eigenvalue weighted by Crippen LogP contribution is 1.98. The molecule has 1 atom stereocenters. The average Bonchev–Trinajstić information content (AvgIpc) is 2.12. The Hall–Kier alpha value is -1.24. The molecule has 0 aliphatic heterocycles. The van der Waals surface area contributed by atoms with Crippen molar-refractivity contribution >= 4 is 30.5 Å². The van der Waals surface area contributed by atoms with Crippen molar-refractivity contribution in [2.75, 3.05) is 0 Å². The van der Waals surface area contributed by atoms with Crippen molar-refractivity contribution in [2.24, 2.45) is 0 Å². The quantitative estimate of drug-likeness (QED) is 0.416. The van der Waals surface area contributed by atoms with Crippen molar-refractivity contribution < 1.29 is 29.7 Å². The highest BCUT2D eigenvalue weighted by Gasteiger charge is 2.00. The molecule has 0 fully saturated rings. The second-order valence-corrected chi connectivity index (χ2v) is 3.78. The SMILES string of the molecule is CC(S)C(=O)O.O=C(O)CCCCC(=O)O. The zero-order valence-electron chi connectivity index (χ0n) is 8.92. The van der Waals surface area contributed by atoms with Gasteiger partial charge in [0.1, 0.15) is 0 Å². The molecule has 6 nitrogen and oxygen atoms in total. The summed E-state index contributed by atoms with van der Waals surface area (Å²) < 4.78 is 0. The number of unbranched alkanes of at least 4 members (excludes halogenated alkanes) is 1. The smallest absolute Gasteiger partial charge is 0.316 e. The number of aliphatic carboxylic acids is 3. The molecular weight excluding hydrogens is 236 g/mol. The van der Waals surface area contributed by atoms with Crippen LogP contribution in [0.15, 0.2) is 0 Å². The highest BCUT2D eigenvalue weighted by atomic mass is 32.1. The van der Waals surface area contributed by atoms with Gasteiger partial charge < -0.3 is 15.3 Å². The van der Waals surface area contributed by atoms with E-state index in [9.17, 15) is 14.4 Å². The molecule has 0 aromatic heterocycles. The molecule has 0 aliphatic carbocycles. The van der Waals surface area contributed by atoms with Crippen LogP contribution in [0.25, 0.3) is 0 Å². The monoisotopic (exact) mass is 252 g/mol. The minimum absolute atomic E-state index is 0.0628. The summed E-state index contributed by atoms with van der Waals surface area (Å²) in [6.45, 7) is 1.51. The summed E-state index contributed by atoms with van der Waals surface area (Å²) in [5, 5.41) is 23.6. The van der Waals surface area contributed by atoms with Crippen LogP contribution in [0.3, 0.4) is 0 Å². The van der Waals surface area contributed by atoms with Gasteiger partial charge >= 0.3 is 17.9 Å². The Morgan fingerprint density at radius 1 is 1.00 bits per heavy atom. The van der Waals surface area contributed by atoms with Crippen LogP contribution < -0.4 is 0 Å². The van der Waals surface area contributed by atoms with Gasteiger partial charge in [-0.2, -0.15) is 12.6 Å². The fraction of sp³-hybridized carbons (Fsp3) is 0.667. The predicted octanol–water partition coefficient (Wildman–Crippen LogP) is 1.11. The van der Waals surface area contributed by atoms with Crippen LogP contribution in [0, 0.1) is 0 Å². The lowest BCUT2D eigenvalue weighted by Gasteiger charge is -1.92. The molecular formula is C9H16O6S. The van der Waals surface area contributed by atoms with Gasteiger partial charge in [0.25, 0.3) is 0 Å². The zero-order chi connectivity index (χ0) is 13.1. The zero-order valence-corrected chi connectivity index (χ0v) is 9.81. The Bertz CT molecular complexity index is 222. The molecule has 0 spiro atoms. The Morgan fingerprint density at radius 3 is 1.38 bits per heavy atom. The second kappa shape index (κ2) is 10.3. The first-order chi connectivity index (χ1) is 7.27. The molecule has 0 saturated carbocycles. The fourth-order valence-electron chi connectivity index (χ4n) is 0.552. The Balaban J connectivity index is 0. The summed E-state index contributed by atoms with van der Waals surface area (Å²) in [5.41, 5.74) is 0. The molecule has 0 amide bonds. The summed E-state index contributed by atoms with van der Waals surface area (Å²) in [4.78, 5) is 29.4. The van der Waals surface area contributed by atoms with Crippen LogP contribution in [0.2, 0.25) is 0 Å². The lowest BCUT2D eigenvalue weighted by Crippen LogP contribution is -2.06. The van der Waals surface area contributed by atoms with Gasteiger partial charge in [0, 0.05) is 12.8 Å². The van der Waals surface area contributed by atoms with Gasteiger partial charge in [0.2, 0.25) is 0 Å². The van der Waals surface area contributed by atoms with Gasteiger partial charge in [0.05, 0.1) is 5.25 Å². The van der Waals surface area contributed by atoms with Crippen LogP contribution in [-0.4, -0.2) is 38.5 Å². The number of rotatable bonds is 6. The van der Waals surface area contributed by atoms with Gasteiger partial charge in [-0.05, 0) is 19.8 Å². The topological polar surface area (TPSA) is 112 Å². The number of carbonyl (C=O) groups is 3. The van der Waals surface area contributed by atoms with Crippen LogP contribution in [0.5, 0.6) is 0 Å². The molecule has 7 heteroatoms. The number of hydrogen-bond acceptors (Lipinski definition) is 4. The summed E-state index contributed by atoms with van der Waals surface area (Å²) >= 11 is 3.59. The van der Waals surface area contributed by atoms with E-state index in [2.05, 4.69) is 12.6 Å². The summed E-state index contributed by atoms with van der Waals surface area (Å²) in [6, 6.07) is 0. The van der Waals surface area contributed by atoms with E-state index in [0.717, 1.165) is 0 Å². The molecule has 0 heterocycles. The van der Waals surface area contributed by atoms with Crippen molar-refractivity contribution in [3.63, 3.8) is 0 Å². The van der Waals surface area contributed by atoms with Crippen LogP contribution in [-0.2, 0) is 14.4 Å². The van der Waals surface area contributed by atoms with Gasteiger partial charge in [-0.25, -0.2) is 0 Å². The first-order valence-corrected chi connectivity index (χ1v) is 5.13. The largest absolute Gasteiger partial charge is 0.481 e. The fourth-order valence-corrected chi connectivity index (χ4v) is 0.552. The van der Waals surface area contributed by atoms with Crippen LogP contribution >= 0.6 is 12.6 Å². The first-order valence-electron chi connectivity index (χ1n) is 4.61. The molecule has 0 aliphatic rings. The summed E-state index contributed by atoms with van der Waals surface area (Å²) in [7, 11) is 0. The normalized spacial score (nSPS) is 10.9. The molecule has 16 heavy (non-hydrogen) atoms. The molecule has 94 valence electrons. The van der Waals surface area contributed by atoms with Crippen molar-refractivity contribution in [1.29, 1.82) is 0 Å². The van der Waals surface area contributed by atoms with E-state index >= 15 is 0 Å². The van der Waals surface area contributed by atoms with E-state index in [1.807, 2.05) is 0 Å². The molecule has 3 N–H and O–H groups in total. The van der Waals surface area contributed by atoms with E-state index in [4.69, 9.17) is 15.3 Å². The Morgan fingerprint density at radius 2 is 1.25 bits per heavy atom. The van der Waals surface area contributed by atoms with E-state index in [1.165, 1.54) is 6.92 Å². The van der Waals surface area contributed by atoms with Gasteiger partial charge in [-0.1, -0.05) is 0 Å². The van der Waals surface area contributed by atoms with E-state index in [-0.39, 0.29) is 12.8 Å². The molecule has 0 aromatic carbocycles. The maximum atomic E-state index is 9.90. The van der Waals surface area contributed by atoms with Crippen molar-refractivity contribution in [1.82, 2.24) is 0 Å². The number of carboxylic acid groups (broad SMARTS) is 3. The minimum Gasteiger partial charge on any atom is -0.481 e. The molecule has 0 saturated heterocycles. The summed E-state index contributed by atoms with van der Waals surface area (Å²) in [5.74, 6) is -2.62. The average molecular weight is 252 g/mol. The standard InChI is InChI=1S/C6H10O4.C3H6O2S/c7-5(8)3-1-2-4-6(9)10;1-2(6)3(4)5/h1-4H2,(H,7,8)(H,9,10);2,6H,1H3,(H,4,5). The first kappa shape index (κ1) is 17.2. The third-order valence-corrected chi connectivity index (χ3v) is 1.61. The molecule has 0 radical (unpaired) electrons. The second-order valence-electron chi connectivity index (χ2n) is 3.01. The Kier molecular flexibility index (Phi) is 11.0. The van der Waals surface area contributed by atoms with Crippen LogP contribution in [0.1, 0.15) is 32.6 Å². The van der Waals surface area contributed by atoms with Gasteiger partial charge in [-0.3, -0.25) is 14.4 Å². The van der Waals surface area contributed by atoms with Crippen LogP contribution in [0.4, 0.5) is 0 Å². The number of thiol groups is 1. The minimum atomic E-state index is -0.877. The van der Waals surface area contributed by atoms with Crippen molar-refractivity contribution in [3.05, 3.63) is 0 Å². The number of carboxylic acids is 3. The van der Waals surface area contributed by atoms with Gasteiger partial charge in [-0.15, -0.1) is 0 Å². The van der Waals surface area contributed by atoms with Gasteiger partial charge in [0.15, 0.2) is 0 Å². The van der Waals surface area contributed by atoms with Crippen molar-refractivity contribution in [3.8, 4) is 0 Å². The lowest BCUT2D eigenvalue weighted by atomic mass is 10.2. The molecule has 1 unspecified atom stereocenters. The maximum absolute atomic E-state index is 9.90. The lowest BCUT2D eigenvalue weighted by molar-refractivity contribution is -0.139. The van der Waals surface area contributed by atoms with E-state index in [0.29, 0.717) is 12.8 Å². The third-order valence-electron chi connectivity index (χ3n) is 1.39. The predicted molar refractivity (Wildman–Crippen MR) is 59.8 cm³/mol. The van der Waals surface area contributed by atoms with Crippen molar-refractivity contribution in [2.45, 2.75) is 37.9 Å². The third kappa shape index (κ3) is 18.5. The molecule has 0 rings (SSSR count). The van der Waals surface area contributed by atoms with E-state index in [1.54, 1.807) is 0 Å². The Labute approximate surface area is 98.7 Å². The maximum Gasteiger partial charge on any atom is 0.316 e. The highest BCUT2D eigenvalue weighted by molar-refractivity contribution is 7.81. The molecule has 0 bridgehead atoms. The molecule has 0 aromatic rings.